The maximum absolute atomic E-state index is 11.0. The molecule has 2 rings (SSSR count). The fourth-order valence-corrected chi connectivity index (χ4v) is 1.66. The molecule has 1 heterocycles. The number of fused-ring (bicyclic) bond motifs is 1. The Bertz CT molecular complexity index is 629. The van der Waals surface area contributed by atoms with Crippen LogP contribution in [0.25, 0.3) is 11.4 Å². The summed E-state index contributed by atoms with van der Waals surface area (Å²) in [5.41, 5.74) is 1.50. The van der Waals surface area contributed by atoms with Gasteiger partial charge in [0.05, 0.1) is 5.69 Å². The molecule has 0 unspecified atom stereocenters. The first-order valence-corrected chi connectivity index (χ1v) is 4.81. The summed E-state index contributed by atoms with van der Waals surface area (Å²) >= 11 is 0. The van der Waals surface area contributed by atoms with E-state index in [0.29, 0.717) is 16.8 Å². The van der Waals surface area contributed by atoms with Crippen molar-refractivity contribution < 1.29 is 10.2 Å². The molecule has 1 aliphatic heterocycles. The summed E-state index contributed by atoms with van der Waals surface area (Å²) in [5, 5.41) is 40.3. The number of H-pyrrole nitrogens is 1. The molecule has 0 saturated heterocycles. The maximum Gasteiger partial charge on any atom is 0.274 e. The van der Waals surface area contributed by atoms with Gasteiger partial charge >= 0.3 is 0 Å². The second-order valence-electron chi connectivity index (χ2n) is 3.73. The standard InChI is InChI=1S/C10H10N3O4/c1-4-3-6-7(8(5(4)2)13(16)17)12-10(15)9(14)11-6/h3,11H,1-2H3,(H2-,12,14,15,16,17)/q-1. The molecule has 17 heavy (non-hydrogen) atoms. The van der Waals surface area contributed by atoms with Crippen molar-refractivity contribution in [2.45, 2.75) is 13.8 Å². The van der Waals surface area contributed by atoms with Gasteiger partial charge in [-0.05, 0) is 25.5 Å². The third kappa shape index (κ3) is 1.61. The molecule has 0 atom stereocenters. The third-order valence-electron chi connectivity index (χ3n) is 2.65. The first-order valence-electron chi connectivity index (χ1n) is 4.81. The number of hydrogen-bond acceptors (Lipinski definition) is 5. The van der Waals surface area contributed by atoms with Crippen LogP contribution in [0.2, 0.25) is 0 Å². The van der Waals surface area contributed by atoms with E-state index in [1.54, 1.807) is 19.9 Å². The van der Waals surface area contributed by atoms with Crippen LogP contribution in [0.3, 0.4) is 0 Å². The van der Waals surface area contributed by atoms with Gasteiger partial charge in [-0.3, -0.25) is 0 Å². The van der Waals surface area contributed by atoms with Crippen LogP contribution < -0.4 is 10.3 Å². The van der Waals surface area contributed by atoms with Gasteiger partial charge in [0.15, 0.2) is 5.69 Å². The normalized spacial score (nSPS) is 10.7. The first kappa shape index (κ1) is 11.1. The number of rotatable bonds is 0. The van der Waals surface area contributed by atoms with Crippen molar-refractivity contribution >= 4 is 0 Å². The molecule has 0 amide bonds. The molecule has 0 spiro atoms. The highest BCUT2D eigenvalue weighted by atomic mass is 16.8. The Morgan fingerprint density at radius 1 is 1.29 bits per heavy atom. The Labute approximate surface area is 95.8 Å². The van der Waals surface area contributed by atoms with Crippen LogP contribution in [0, 0.1) is 24.3 Å². The summed E-state index contributed by atoms with van der Waals surface area (Å²) in [7, 11) is 0. The SMILES string of the molecule is Cc1cc2[nH]c(O)c(O)nc-2c(=[N+]([O-])[O-])c1C. The van der Waals surface area contributed by atoms with Crippen molar-refractivity contribution in [2.75, 3.05) is 0 Å². The number of nitrogens with one attached hydrogen (secondary N) is 1. The van der Waals surface area contributed by atoms with Crippen molar-refractivity contribution in [2.24, 2.45) is 0 Å². The van der Waals surface area contributed by atoms with Gasteiger partial charge in [0.25, 0.3) is 17.1 Å². The molecule has 0 bridgehead atoms. The average Bonchev–Trinajstić information content (AvgIpc) is 2.23. The van der Waals surface area contributed by atoms with E-state index in [4.69, 9.17) is 0 Å². The lowest BCUT2D eigenvalue weighted by Gasteiger charge is -2.12. The van der Waals surface area contributed by atoms with Crippen LogP contribution in [0.4, 0.5) is 0 Å². The second-order valence-corrected chi connectivity index (χ2v) is 3.73. The number of aryl methyl sites for hydroxylation is 1. The highest BCUT2D eigenvalue weighted by Gasteiger charge is 2.18. The molecular formula is C10H10N3O4-. The molecule has 0 aromatic carbocycles. The summed E-state index contributed by atoms with van der Waals surface area (Å²) in [5.74, 6) is -1.18. The van der Waals surface area contributed by atoms with Gasteiger partial charge in [-0.15, -0.1) is 0 Å². The van der Waals surface area contributed by atoms with Crippen molar-refractivity contribution in [3.05, 3.63) is 33.0 Å². The number of aromatic hydroxyl groups is 2. The topological polar surface area (TPSA) is 118 Å². The Kier molecular flexibility index (Phi) is 2.31. The zero-order valence-corrected chi connectivity index (χ0v) is 9.18. The summed E-state index contributed by atoms with van der Waals surface area (Å²) in [6.45, 7) is 3.33. The van der Waals surface area contributed by atoms with E-state index in [-0.39, 0.29) is 11.1 Å². The van der Waals surface area contributed by atoms with Crippen LogP contribution >= 0.6 is 0 Å². The molecule has 1 aliphatic carbocycles. The number of aromatic nitrogens is 2. The largest absolute Gasteiger partial charge is 0.612 e. The summed E-state index contributed by atoms with van der Waals surface area (Å²) in [4.78, 5) is 5.54. The van der Waals surface area contributed by atoms with Crippen LogP contribution in [0.5, 0.6) is 11.8 Å². The van der Waals surface area contributed by atoms with Crippen molar-refractivity contribution in [3.8, 4) is 23.1 Å². The Hall–Kier alpha value is -2.44. The molecule has 0 aromatic heterocycles. The van der Waals surface area contributed by atoms with E-state index in [2.05, 4.69) is 9.97 Å². The molecule has 3 N–H and O–H groups in total. The summed E-state index contributed by atoms with van der Waals surface area (Å²) < 4.78 is 0. The summed E-state index contributed by atoms with van der Waals surface area (Å²) in [6, 6.07) is 1.63. The van der Waals surface area contributed by atoms with Crippen molar-refractivity contribution in [1.29, 1.82) is 0 Å². The van der Waals surface area contributed by atoms with Crippen molar-refractivity contribution in [1.82, 2.24) is 14.9 Å². The monoisotopic (exact) mass is 236 g/mol. The van der Waals surface area contributed by atoms with Gasteiger partial charge in [0.2, 0.25) is 0 Å². The first-order chi connectivity index (χ1) is 7.91. The minimum absolute atomic E-state index is 0.0217. The molecule has 0 aromatic rings. The lowest BCUT2D eigenvalue weighted by Crippen LogP contribution is -2.26. The van der Waals surface area contributed by atoms with Gasteiger partial charge in [0.1, 0.15) is 0 Å². The van der Waals surface area contributed by atoms with E-state index >= 15 is 0 Å². The lowest BCUT2D eigenvalue weighted by molar-refractivity contribution is 0.375. The van der Waals surface area contributed by atoms with Gasteiger partial charge in [-0.25, -0.2) is 4.98 Å². The lowest BCUT2D eigenvalue weighted by atomic mass is 10.0. The highest BCUT2D eigenvalue weighted by molar-refractivity contribution is 5.61. The minimum Gasteiger partial charge on any atom is -0.612 e. The van der Waals surface area contributed by atoms with Crippen LogP contribution in [-0.2, 0) is 0 Å². The molecule has 0 saturated carbocycles. The molecule has 7 nitrogen and oxygen atoms in total. The van der Waals surface area contributed by atoms with Gasteiger partial charge in [-0.2, -0.15) is 4.90 Å². The number of nitrogens with zero attached hydrogens (tertiary/aromatic N) is 2. The van der Waals surface area contributed by atoms with E-state index in [9.17, 15) is 20.6 Å². The van der Waals surface area contributed by atoms with Crippen LogP contribution in [-0.4, -0.2) is 20.2 Å². The second kappa shape index (κ2) is 3.55. The molecule has 0 fully saturated rings. The molecular weight excluding hydrogens is 226 g/mol. The van der Waals surface area contributed by atoms with E-state index in [0.717, 1.165) is 0 Å². The van der Waals surface area contributed by atoms with Gasteiger partial charge in [0, 0.05) is 5.56 Å². The number of aromatic amines is 1. The maximum atomic E-state index is 11.0. The van der Waals surface area contributed by atoms with Crippen LogP contribution in [0.1, 0.15) is 11.1 Å². The fraction of sp³-hybridized carbons (Fsp3) is 0.200. The fourth-order valence-electron chi connectivity index (χ4n) is 1.66. The average molecular weight is 236 g/mol. The Balaban J connectivity index is 3.05. The Morgan fingerprint density at radius 3 is 2.53 bits per heavy atom. The Morgan fingerprint density at radius 2 is 1.94 bits per heavy atom. The van der Waals surface area contributed by atoms with E-state index < -0.39 is 16.7 Å². The quantitative estimate of drug-likeness (QED) is 0.569. The van der Waals surface area contributed by atoms with Gasteiger partial charge in [-0.1, -0.05) is 0 Å². The smallest absolute Gasteiger partial charge is 0.274 e. The number of benzene rings is 1. The molecule has 90 valence electrons. The highest BCUT2D eigenvalue weighted by Crippen LogP contribution is 2.25. The zero-order chi connectivity index (χ0) is 12.7. The van der Waals surface area contributed by atoms with Crippen LogP contribution in [0.15, 0.2) is 6.07 Å². The van der Waals surface area contributed by atoms with Gasteiger partial charge < -0.3 is 25.6 Å². The summed E-state index contributed by atoms with van der Waals surface area (Å²) in [6.07, 6.45) is 0. The van der Waals surface area contributed by atoms with Crippen molar-refractivity contribution in [3.63, 3.8) is 0 Å². The molecule has 7 heteroatoms. The molecule has 2 aliphatic rings. The molecule has 0 radical (unpaired) electrons. The minimum atomic E-state index is -0.663. The predicted molar refractivity (Wildman–Crippen MR) is 60.0 cm³/mol. The zero-order valence-electron chi connectivity index (χ0n) is 9.18. The predicted octanol–water partition coefficient (Wildman–Crippen LogP) is 0.310. The number of hydrogen-bond donors (Lipinski definition) is 3. The van der Waals surface area contributed by atoms with E-state index in [1.165, 1.54) is 0 Å². The third-order valence-corrected chi connectivity index (χ3v) is 2.65. The van der Waals surface area contributed by atoms with E-state index in [1.807, 2.05) is 0 Å².